The lowest BCUT2D eigenvalue weighted by Crippen LogP contribution is -2.15. The number of thiol groups is 1. The van der Waals surface area contributed by atoms with Gasteiger partial charge in [-0.15, -0.1) is 0 Å². The smallest absolute Gasteiger partial charge is 0.167 e. The van der Waals surface area contributed by atoms with Crippen LogP contribution in [0.2, 0.25) is 0 Å². The molecule has 1 N–H and O–H groups in total. The van der Waals surface area contributed by atoms with Gasteiger partial charge in [-0.1, -0.05) is 26.7 Å². The summed E-state index contributed by atoms with van der Waals surface area (Å²) in [5.41, 5.74) is 0.573. The largest absolute Gasteiger partial charge is 0.490 e. The maximum absolute atomic E-state index is 13.6. The summed E-state index contributed by atoms with van der Waals surface area (Å²) in [7, 11) is 0. The molecule has 0 saturated heterocycles. The lowest BCUT2D eigenvalue weighted by atomic mass is 10.1. The van der Waals surface area contributed by atoms with Crippen molar-refractivity contribution >= 4 is 24.3 Å². The Balaban J connectivity index is 1.98. The van der Waals surface area contributed by atoms with Crippen molar-refractivity contribution in [1.29, 1.82) is 0 Å². The normalized spacial score (nSPS) is 10.9. The molecule has 0 radical (unpaired) electrons. The van der Waals surface area contributed by atoms with E-state index in [1.54, 1.807) is 12.1 Å². The number of hydrogen-bond acceptors (Lipinski definition) is 6. The number of benzene rings is 1. The van der Waals surface area contributed by atoms with E-state index in [0.29, 0.717) is 38.5 Å². The van der Waals surface area contributed by atoms with Crippen molar-refractivity contribution in [3.63, 3.8) is 0 Å². The van der Waals surface area contributed by atoms with E-state index in [0.717, 1.165) is 6.42 Å². The molecule has 0 aliphatic carbocycles. The van der Waals surface area contributed by atoms with Gasteiger partial charge in [0.2, 0.25) is 0 Å². The molecule has 0 atom stereocenters. The van der Waals surface area contributed by atoms with Crippen LogP contribution in [0.15, 0.2) is 18.2 Å². The summed E-state index contributed by atoms with van der Waals surface area (Å²) in [5, 5.41) is 0. The van der Waals surface area contributed by atoms with Gasteiger partial charge in [0.05, 0.1) is 6.61 Å². The molecule has 5 nitrogen and oxygen atoms in total. The third-order valence-corrected chi connectivity index (χ3v) is 3.48. The standard InChI is InChI=1S/C17H26FNO4S/c1-13(2)16(20)12-22-9-3-7-21-8-4-10-23-17-6-5-14(19-24)11-15(17)18/h5-6,11,13,19,24H,3-4,7-10,12H2,1-2H3. The molecule has 136 valence electrons. The van der Waals surface area contributed by atoms with E-state index in [4.69, 9.17) is 14.2 Å². The first-order valence-corrected chi connectivity index (χ1v) is 8.50. The van der Waals surface area contributed by atoms with Crippen molar-refractivity contribution in [3.8, 4) is 5.75 Å². The summed E-state index contributed by atoms with van der Waals surface area (Å²) in [5.74, 6) is -0.0939. The van der Waals surface area contributed by atoms with Crippen LogP contribution in [0.4, 0.5) is 10.1 Å². The second-order valence-corrected chi connectivity index (χ2v) is 5.82. The fourth-order valence-corrected chi connectivity index (χ4v) is 1.87. The minimum absolute atomic E-state index is 0.0106. The number of anilines is 1. The molecule has 24 heavy (non-hydrogen) atoms. The molecule has 0 aliphatic rings. The third kappa shape index (κ3) is 8.52. The monoisotopic (exact) mass is 359 g/mol. The van der Waals surface area contributed by atoms with Crippen molar-refractivity contribution in [2.75, 3.05) is 37.8 Å². The molecule has 0 fully saturated rings. The van der Waals surface area contributed by atoms with Crippen molar-refractivity contribution < 1.29 is 23.4 Å². The van der Waals surface area contributed by atoms with Crippen molar-refractivity contribution in [2.24, 2.45) is 5.92 Å². The highest BCUT2D eigenvalue weighted by atomic mass is 32.1. The molecule has 0 aromatic heterocycles. The Morgan fingerprint density at radius 3 is 2.46 bits per heavy atom. The van der Waals surface area contributed by atoms with Gasteiger partial charge in [-0.05, 0) is 18.6 Å². The number of ether oxygens (including phenoxy) is 3. The number of carbonyl (C=O) groups excluding carboxylic acids is 1. The van der Waals surface area contributed by atoms with E-state index in [1.165, 1.54) is 6.07 Å². The Morgan fingerprint density at radius 2 is 1.83 bits per heavy atom. The summed E-state index contributed by atoms with van der Waals surface area (Å²) < 4.78 is 32.2. The maximum Gasteiger partial charge on any atom is 0.167 e. The number of rotatable bonds is 13. The fourth-order valence-electron chi connectivity index (χ4n) is 1.74. The van der Waals surface area contributed by atoms with Gasteiger partial charge in [-0.2, -0.15) is 0 Å². The second-order valence-electron chi connectivity index (χ2n) is 5.60. The van der Waals surface area contributed by atoms with Crippen LogP contribution >= 0.6 is 12.8 Å². The Labute approximate surface area is 148 Å². The van der Waals surface area contributed by atoms with Crippen LogP contribution in [0, 0.1) is 11.7 Å². The molecule has 1 aromatic rings. The predicted molar refractivity (Wildman–Crippen MR) is 95.2 cm³/mol. The summed E-state index contributed by atoms with van der Waals surface area (Å²) in [6, 6.07) is 4.57. The average Bonchev–Trinajstić information content (AvgIpc) is 2.57. The Morgan fingerprint density at radius 1 is 1.17 bits per heavy atom. The van der Waals surface area contributed by atoms with E-state index >= 15 is 0 Å². The fraction of sp³-hybridized carbons (Fsp3) is 0.588. The van der Waals surface area contributed by atoms with Gasteiger partial charge in [0.15, 0.2) is 17.3 Å². The third-order valence-electron chi connectivity index (χ3n) is 3.22. The molecule has 0 aliphatic heterocycles. The highest BCUT2D eigenvalue weighted by Gasteiger charge is 2.06. The molecule has 1 aromatic carbocycles. The molecular formula is C17H26FNO4S. The lowest BCUT2D eigenvalue weighted by molar-refractivity contribution is -0.126. The van der Waals surface area contributed by atoms with Crippen LogP contribution in [0.25, 0.3) is 0 Å². The van der Waals surface area contributed by atoms with Gasteiger partial charge in [0.1, 0.15) is 6.61 Å². The van der Waals surface area contributed by atoms with Crippen molar-refractivity contribution in [1.82, 2.24) is 0 Å². The summed E-state index contributed by atoms with van der Waals surface area (Å²) in [6.07, 6.45) is 1.40. The molecular weight excluding hydrogens is 333 g/mol. The van der Waals surface area contributed by atoms with Crippen molar-refractivity contribution in [2.45, 2.75) is 26.7 Å². The molecule has 0 heterocycles. The average molecular weight is 359 g/mol. The topological polar surface area (TPSA) is 56.8 Å². The lowest BCUT2D eigenvalue weighted by Gasteiger charge is -2.09. The van der Waals surface area contributed by atoms with Gasteiger partial charge in [0, 0.05) is 43.9 Å². The van der Waals surface area contributed by atoms with Crippen LogP contribution in [-0.4, -0.2) is 38.8 Å². The number of nitrogens with one attached hydrogen (secondary N) is 1. The Kier molecular flexibility index (Phi) is 10.5. The SMILES string of the molecule is CC(C)C(=O)COCCCOCCCOc1ccc(NS)cc1F. The molecule has 7 heteroatoms. The van der Waals surface area contributed by atoms with E-state index in [-0.39, 0.29) is 24.1 Å². The van der Waals surface area contributed by atoms with Gasteiger partial charge in [-0.3, -0.25) is 4.79 Å². The Hall–Kier alpha value is -1.31. The van der Waals surface area contributed by atoms with Crippen molar-refractivity contribution in [3.05, 3.63) is 24.0 Å². The first-order valence-electron chi connectivity index (χ1n) is 8.05. The van der Waals surface area contributed by atoms with Crippen LogP contribution in [-0.2, 0) is 14.3 Å². The Bertz CT molecular complexity index is 499. The first-order chi connectivity index (χ1) is 11.5. The second kappa shape index (κ2) is 12.1. The zero-order chi connectivity index (χ0) is 17.8. The summed E-state index contributed by atoms with van der Waals surface area (Å²) in [6.45, 7) is 5.85. The van der Waals surface area contributed by atoms with Crippen LogP contribution in [0.5, 0.6) is 5.75 Å². The molecule has 0 bridgehead atoms. The zero-order valence-electron chi connectivity index (χ0n) is 14.2. The minimum Gasteiger partial charge on any atom is -0.490 e. The minimum atomic E-state index is -0.428. The number of halogens is 1. The molecule has 0 spiro atoms. The van der Waals surface area contributed by atoms with E-state index < -0.39 is 5.82 Å². The number of Topliss-reactive ketones (excluding diaryl/α,β-unsaturated/α-hetero) is 1. The molecule has 1 rings (SSSR count). The van der Waals surface area contributed by atoms with E-state index in [2.05, 4.69) is 17.5 Å². The number of ketones is 1. The van der Waals surface area contributed by atoms with E-state index in [9.17, 15) is 9.18 Å². The predicted octanol–water partition coefficient (Wildman–Crippen LogP) is 3.50. The van der Waals surface area contributed by atoms with Crippen LogP contribution in [0.3, 0.4) is 0 Å². The van der Waals surface area contributed by atoms with Crippen LogP contribution < -0.4 is 9.46 Å². The summed E-state index contributed by atoms with van der Waals surface area (Å²) in [4.78, 5) is 11.3. The van der Waals surface area contributed by atoms with Gasteiger partial charge < -0.3 is 18.9 Å². The molecule has 0 unspecified atom stereocenters. The first kappa shape index (κ1) is 20.7. The number of carbonyl (C=O) groups is 1. The highest BCUT2D eigenvalue weighted by Crippen LogP contribution is 2.21. The van der Waals surface area contributed by atoms with Gasteiger partial charge in [0.25, 0.3) is 0 Å². The number of hydrogen-bond donors (Lipinski definition) is 2. The van der Waals surface area contributed by atoms with E-state index in [1.807, 2.05) is 13.8 Å². The maximum atomic E-state index is 13.6. The molecule has 0 amide bonds. The van der Waals surface area contributed by atoms with Gasteiger partial charge in [-0.25, -0.2) is 4.39 Å². The quantitative estimate of drug-likeness (QED) is 0.417. The highest BCUT2D eigenvalue weighted by molar-refractivity contribution is 7.81. The zero-order valence-corrected chi connectivity index (χ0v) is 15.1. The molecule has 0 saturated carbocycles. The van der Waals surface area contributed by atoms with Gasteiger partial charge >= 0.3 is 0 Å². The van der Waals surface area contributed by atoms with Crippen LogP contribution in [0.1, 0.15) is 26.7 Å². The summed E-state index contributed by atoms with van der Waals surface area (Å²) >= 11 is 3.85.